The number of aromatic nitrogens is 1. The Labute approximate surface area is 169 Å². The standard InChI is InChI=1S/C20H20ClN3O3S/c1-13-18(11-15-10-16(21)6-9-19(15)23-13)20(25)22-12-14-4-7-17(8-5-14)28(26,27)24(2)3/h4-11H,12H2,1-3H3,(H,22,25). The van der Waals surface area contributed by atoms with Gasteiger partial charge in [-0.25, -0.2) is 12.7 Å². The minimum absolute atomic E-state index is 0.207. The van der Waals surface area contributed by atoms with Crippen molar-refractivity contribution < 1.29 is 13.2 Å². The van der Waals surface area contributed by atoms with Gasteiger partial charge in [-0.3, -0.25) is 9.78 Å². The first-order valence-corrected chi connectivity index (χ1v) is 10.4. The lowest BCUT2D eigenvalue weighted by Gasteiger charge is -2.12. The van der Waals surface area contributed by atoms with Gasteiger partial charge in [0, 0.05) is 31.0 Å². The fourth-order valence-corrected chi connectivity index (χ4v) is 3.82. The molecular formula is C20H20ClN3O3S. The molecule has 1 amide bonds. The Morgan fingerprint density at radius 3 is 2.43 bits per heavy atom. The topological polar surface area (TPSA) is 79.4 Å². The van der Waals surface area contributed by atoms with E-state index in [9.17, 15) is 13.2 Å². The third-order valence-corrected chi connectivity index (χ3v) is 6.43. The van der Waals surface area contributed by atoms with Crippen molar-refractivity contribution in [1.82, 2.24) is 14.6 Å². The summed E-state index contributed by atoms with van der Waals surface area (Å²) in [6, 6.07) is 13.5. The summed E-state index contributed by atoms with van der Waals surface area (Å²) in [4.78, 5) is 17.3. The predicted molar refractivity (Wildman–Crippen MR) is 110 cm³/mol. The first kappa shape index (κ1) is 20.3. The summed E-state index contributed by atoms with van der Waals surface area (Å²) in [7, 11) is -0.506. The highest BCUT2D eigenvalue weighted by Gasteiger charge is 2.17. The highest BCUT2D eigenvalue weighted by atomic mass is 35.5. The molecule has 0 fully saturated rings. The van der Waals surface area contributed by atoms with Crippen LogP contribution in [0.15, 0.2) is 53.4 Å². The van der Waals surface area contributed by atoms with Gasteiger partial charge in [0.1, 0.15) is 0 Å². The number of pyridine rings is 1. The molecular weight excluding hydrogens is 398 g/mol. The SMILES string of the molecule is Cc1nc2ccc(Cl)cc2cc1C(=O)NCc1ccc(S(=O)(=O)N(C)C)cc1. The molecule has 0 saturated heterocycles. The summed E-state index contributed by atoms with van der Waals surface area (Å²) < 4.78 is 25.4. The van der Waals surface area contributed by atoms with Crippen molar-refractivity contribution in [2.24, 2.45) is 0 Å². The van der Waals surface area contributed by atoms with Crippen LogP contribution < -0.4 is 5.32 Å². The highest BCUT2D eigenvalue weighted by molar-refractivity contribution is 7.89. The van der Waals surface area contributed by atoms with Crippen LogP contribution in [0.3, 0.4) is 0 Å². The van der Waals surface area contributed by atoms with Crippen LogP contribution in [0.25, 0.3) is 10.9 Å². The van der Waals surface area contributed by atoms with Gasteiger partial charge in [-0.1, -0.05) is 23.7 Å². The van der Waals surface area contributed by atoms with Crippen molar-refractivity contribution in [3.63, 3.8) is 0 Å². The van der Waals surface area contributed by atoms with Crippen LogP contribution in [0.2, 0.25) is 5.02 Å². The van der Waals surface area contributed by atoms with Crippen LogP contribution in [0.4, 0.5) is 0 Å². The number of aryl methyl sites for hydroxylation is 1. The number of benzene rings is 2. The third kappa shape index (κ3) is 4.16. The second-order valence-corrected chi connectivity index (χ2v) is 9.16. The molecule has 0 aliphatic carbocycles. The molecule has 2 aromatic carbocycles. The van der Waals surface area contributed by atoms with Crippen molar-refractivity contribution in [3.8, 4) is 0 Å². The maximum atomic E-state index is 12.6. The van der Waals surface area contributed by atoms with E-state index in [1.807, 2.05) is 6.07 Å². The molecule has 0 radical (unpaired) electrons. The van der Waals surface area contributed by atoms with Crippen LogP contribution in [0, 0.1) is 6.92 Å². The third-order valence-electron chi connectivity index (χ3n) is 4.37. The number of amides is 1. The number of rotatable bonds is 5. The van der Waals surface area contributed by atoms with Crippen molar-refractivity contribution in [3.05, 3.63) is 70.4 Å². The molecule has 0 aliphatic heterocycles. The Bertz CT molecular complexity index is 1140. The number of carbonyl (C=O) groups excluding carboxylic acids is 1. The number of hydrogen-bond acceptors (Lipinski definition) is 4. The van der Waals surface area contributed by atoms with Crippen LogP contribution in [0.5, 0.6) is 0 Å². The number of halogens is 1. The molecule has 0 saturated carbocycles. The molecule has 3 aromatic rings. The normalized spacial score (nSPS) is 11.8. The average Bonchev–Trinajstić information content (AvgIpc) is 2.66. The molecule has 8 heteroatoms. The molecule has 1 N–H and O–H groups in total. The fourth-order valence-electron chi connectivity index (χ4n) is 2.74. The van der Waals surface area contributed by atoms with Crippen LogP contribution in [0.1, 0.15) is 21.6 Å². The van der Waals surface area contributed by atoms with E-state index < -0.39 is 10.0 Å². The summed E-state index contributed by atoms with van der Waals surface area (Å²) in [6.45, 7) is 2.05. The van der Waals surface area contributed by atoms with E-state index in [1.54, 1.807) is 37.3 Å². The summed E-state index contributed by atoms with van der Waals surface area (Å²) >= 11 is 6.02. The molecule has 1 aromatic heterocycles. The van der Waals surface area contributed by atoms with E-state index in [2.05, 4.69) is 10.3 Å². The summed E-state index contributed by atoms with van der Waals surface area (Å²) in [5.74, 6) is -0.253. The molecule has 28 heavy (non-hydrogen) atoms. The van der Waals surface area contributed by atoms with Crippen LogP contribution >= 0.6 is 11.6 Å². The smallest absolute Gasteiger partial charge is 0.253 e. The Morgan fingerprint density at radius 1 is 1.11 bits per heavy atom. The molecule has 0 spiro atoms. The van der Waals surface area contributed by atoms with Gasteiger partial charge in [-0.2, -0.15) is 0 Å². The van der Waals surface area contributed by atoms with E-state index in [0.29, 0.717) is 16.3 Å². The molecule has 3 rings (SSSR count). The summed E-state index contributed by atoms with van der Waals surface area (Å²) in [6.07, 6.45) is 0. The number of fused-ring (bicyclic) bond motifs is 1. The molecule has 0 unspecified atom stereocenters. The van der Waals surface area contributed by atoms with Gasteiger partial charge in [0.05, 0.1) is 21.7 Å². The van der Waals surface area contributed by atoms with Crippen LogP contribution in [-0.4, -0.2) is 37.7 Å². The van der Waals surface area contributed by atoms with Crippen molar-refractivity contribution in [2.75, 3.05) is 14.1 Å². The van der Waals surface area contributed by atoms with Crippen LogP contribution in [-0.2, 0) is 16.6 Å². The molecule has 0 aliphatic rings. The first-order valence-electron chi connectivity index (χ1n) is 8.55. The van der Waals surface area contributed by atoms with E-state index in [1.165, 1.54) is 26.2 Å². The van der Waals surface area contributed by atoms with E-state index in [4.69, 9.17) is 11.6 Å². The van der Waals surface area contributed by atoms with Gasteiger partial charge in [-0.05, 0) is 48.9 Å². The Morgan fingerprint density at radius 2 is 1.79 bits per heavy atom. The van der Waals surface area contributed by atoms with Crippen molar-refractivity contribution in [2.45, 2.75) is 18.4 Å². The molecule has 0 bridgehead atoms. The minimum Gasteiger partial charge on any atom is -0.348 e. The quantitative estimate of drug-likeness (QED) is 0.690. The van der Waals surface area contributed by atoms with Crippen molar-refractivity contribution in [1.29, 1.82) is 0 Å². The van der Waals surface area contributed by atoms with Gasteiger partial charge in [0.15, 0.2) is 0 Å². The molecule has 0 atom stereocenters. The Kier molecular flexibility index (Phi) is 5.69. The first-order chi connectivity index (χ1) is 13.2. The largest absolute Gasteiger partial charge is 0.348 e. The zero-order chi connectivity index (χ0) is 20.5. The lowest BCUT2D eigenvalue weighted by Crippen LogP contribution is -2.24. The Balaban J connectivity index is 1.75. The molecule has 146 valence electrons. The van der Waals surface area contributed by atoms with Gasteiger partial charge in [0.25, 0.3) is 5.91 Å². The maximum Gasteiger partial charge on any atom is 0.253 e. The monoisotopic (exact) mass is 417 g/mol. The second-order valence-electron chi connectivity index (χ2n) is 6.57. The highest BCUT2D eigenvalue weighted by Crippen LogP contribution is 2.21. The maximum absolute atomic E-state index is 12.6. The lowest BCUT2D eigenvalue weighted by molar-refractivity contribution is 0.0950. The number of sulfonamides is 1. The van der Waals surface area contributed by atoms with Gasteiger partial charge in [0.2, 0.25) is 10.0 Å². The van der Waals surface area contributed by atoms with Gasteiger partial charge in [-0.15, -0.1) is 0 Å². The fraction of sp³-hybridized carbons (Fsp3) is 0.200. The average molecular weight is 418 g/mol. The predicted octanol–water partition coefficient (Wildman–Crippen LogP) is 3.38. The second kappa shape index (κ2) is 7.87. The van der Waals surface area contributed by atoms with E-state index in [-0.39, 0.29) is 17.3 Å². The van der Waals surface area contributed by atoms with E-state index >= 15 is 0 Å². The summed E-state index contributed by atoms with van der Waals surface area (Å²) in [5, 5.41) is 4.22. The number of nitrogens with one attached hydrogen (secondary N) is 1. The van der Waals surface area contributed by atoms with Crippen molar-refractivity contribution >= 4 is 38.4 Å². The summed E-state index contributed by atoms with van der Waals surface area (Å²) in [5.41, 5.74) is 2.66. The zero-order valence-corrected chi connectivity index (χ0v) is 17.3. The zero-order valence-electron chi connectivity index (χ0n) is 15.7. The minimum atomic E-state index is -3.47. The number of hydrogen-bond donors (Lipinski definition) is 1. The number of carbonyl (C=O) groups is 1. The number of nitrogens with zero attached hydrogens (tertiary/aromatic N) is 2. The Hall–Kier alpha value is -2.48. The van der Waals surface area contributed by atoms with Gasteiger partial charge < -0.3 is 5.32 Å². The van der Waals surface area contributed by atoms with Gasteiger partial charge >= 0.3 is 0 Å². The lowest BCUT2D eigenvalue weighted by atomic mass is 10.1. The molecule has 6 nitrogen and oxygen atoms in total. The molecule has 1 heterocycles. The van der Waals surface area contributed by atoms with E-state index in [0.717, 1.165) is 20.8 Å².